The van der Waals surface area contributed by atoms with Gasteiger partial charge in [-0.25, -0.2) is 4.79 Å². The third kappa shape index (κ3) is 8.68. The van der Waals surface area contributed by atoms with E-state index in [9.17, 15) is 19.5 Å². The summed E-state index contributed by atoms with van der Waals surface area (Å²) >= 11 is 0. The fourth-order valence-electron chi connectivity index (χ4n) is 3.58. The van der Waals surface area contributed by atoms with E-state index < -0.39 is 36.3 Å². The molecule has 0 aliphatic rings. The van der Waals surface area contributed by atoms with E-state index in [0.29, 0.717) is 12.0 Å². The van der Waals surface area contributed by atoms with E-state index in [-0.39, 0.29) is 18.0 Å². The largest absolute Gasteiger partial charge is 0.444 e. The minimum atomic E-state index is -1.26. The van der Waals surface area contributed by atoms with Gasteiger partial charge in [0.1, 0.15) is 17.7 Å². The summed E-state index contributed by atoms with van der Waals surface area (Å²) in [6.07, 6.45) is -0.236. The van der Waals surface area contributed by atoms with E-state index in [1.54, 1.807) is 20.8 Å². The van der Waals surface area contributed by atoms with Crippen LogP contribution in [0.25, 0.3) is 0 Å². The molecule has 3 N–H and O–H groups in total. The van der Waals surface area contributed by atoms with Gasteiger partial charge in [0.2, 0.25) is 11.8 Å². The van der Waals surface area contributed by atoms with Crippen molar-refractivity contribution in [1.82, 2.24) is 15.5 Å². The number of alkyl carbamates (subject to hydrolysis) is 1. The van der Waals surface area contributed by atoms with E-state index in [1.807, 2.05) is 59.7 Å². The van der Waals surface area contributed by atoms with Crippen molar-refractivity contribution < 1.29 is 24.2 Å². The number of aliphatic hydroxyl groups excluding tert-OH is 1. The zero-order valence-electron chi connectivity index (χ0n) is 21.5. The van der Waals surface area contributed by atoms with Gasteiger partial charge >= 0.3 is 6.09 Å². The molecule has 8 nitrogen and oxygen atoms in total. The maximum absolute atomic E-state index is 13.7. The number of hydrogen-bond acceptors (Lipinski definition) is 5. The van der Waals surface area contributed by atoms with Crippen LogP contribution in [-0.4, -0.2) is 58.2 Å². The highest BCUT2D eigenvalue weighted by atomic mass is 16.6. The lowest BCUT2D eigenvalue weighted by Crippen LogP contribution is -2.57. The van der Waals surface area contributed by atoms with Crippen LogP contribution in [0.2, 0.25) is 0 Å². The van der Waals surface area contributed by atoms with Crippen molar-refractivity contribution in [1.29, 1.82) is 0 Å². The number of carbonyl (C=O) groups excluding carboxylic acids is 3. The maximum Gasteiger partial charge on any atom is 0.408 e. The van der Waals surface area contributed by atoms with Crippen LogP contribution in [0.15, 0.2) is 18.2 Å². The van der Waals surface area contributed by atoms with Crippen LogP contribution in [-0.2, 0) is 14.3 Å². The van der Waals surface area contributed by atoms with Crippen LogP contribution < -0.4 is 10.6 Å². The molecule has 3 amide bonds. The molecule has 0 saturated carbocycles. The predicted octanol–water partition coefficient (Wildman–Crippen LogP) is 3.38. The summed E-state index contributed by atoms with van der Waals surface area (Å²) in [6, 6.07) is 3.11. The van der Waals surface area contributed by atoms with Crippen molar-refractivity contribution in [2.45, 2.75) is 98.5 Å². The predicted molar refractivity (Wildman–Crippen MR) is 129 cm³/mol. The monoisotopic (exact) mass is 463 g/mol. The molecule has 0 heterocycles. The number of benzene rings is 1. The highest BCUT2D eigenvalue weighted by Crippen LogP contribution is 2.28. The summed E-state index contributed by atoms with van der Waals surface area (Å²) in [4.78, 5) is 40.8. The van der Waals surface area contributed by atoms with Crippen molar-refractivity contribution in [2.75, 3.05) is 6.61 Å². The summed E-state index contributed by atoms with van der Waals surface area (Å²) in [7, 11) is 0. The molecule has 0 spiro atoms. The standard InChI is InChI=1S/C25H41N3O5/c1-10-18(6)28(23(31)20(14-29)27-24(32)33-25(7,8)9)21(22(30)26-15(2)3)19-12-16(4)11-17(5)13-19/h11-13,15,18,20-21,29H,10,14H2,1-9H3,(H,26,30)(H,27,32). The van der Waals surface area contributed by atoms with Gasteiger partial charge in [-0.1, -0.05) is 36.2 Å². The van der Waals surface area contributed by atoms with Gasteiger partial charge in [0.05, 0.1) is 6.61 Å². The number of nitrogens with one attached hydrogen (secondary N) is 2. The molecule has 33 heavy (non-hydrogen) atoms. The van der Waals surface area contributed by atoms with Crippen molar-refractivity contribution in [3.05, 3.63) is 34.9 Å². The first-order valence-electron chi connectivity index (χ1n) is 11.5. The Hall–Kier alpha value is -2.61. The van der Waals surface area contributed by atoms with E-state index >= 15 is 0 Å². The summed E-state index contributed by atoms with van der Waals surface area (Å²) < 4.78 is 5.25. The van der Waals surface area contributed by atoms with E-state index in [0.717, 1.165) is 11.1 Å². The van der Waals surface area contributed by atoms with Gasteiger partial charge in [0.25, 0.3) is 0 Å². The molecule has 0 aromatic heterocycles. The van der Waals surface area contributed by atoms with Gasteiger partial charge in [-0.15, -0.1) is 0 Å². The Kier molecular flexibility index (Phi) is 10.4. The Morgan fingerprint density at radius 2 is 1.58 bits per heavy atom. The third-order valence-electron chi connectivity index (χ3n) is 5.01. The molecule has 1 aromatic rings. The SMILES string of the molecule is CCC(C)N(C(=O)C(CO)NC(=O)OC(C)(C)C)C(C(=O)NC(C)C)c1cc(C)cc(C)c1. The number of carbonyl (C=O) groups is 3. The van der Waals surface area contributed by atoms with E-state index in [2.05, 4.69) is 10.6 Å². The highest BCUT2D eigenvalue weighted by molar-refractivity contribution is 5.92. The van der Waals surface area contributed by atoms with Crippen molar-refractivity contribution in [3.8, 4) is 0 Å². The Morgan fingerprint density at radius 1 is 1.03 bits per heavy atom. The van der Waals surface area contributed by atoms with Gasteiger partial charge in [-0.05, 0) is 67.4 Å². The second-order valence-corrected chi connectivity index (χ2v) is 9.87. The smallest absolute Gasteiger partial charge is 0.408 e. The Bertz CT molecular complexity index is 812. The first-order valence-corrected chi connectivity index (χ1v) is 11.5. The summed E-state index contributed by atoms with van der Waals surface area (Å²) in [5.74, 6) is -0.876. The topological polar surface area (TPSA) is 108 Å². The number of aliphatic hydroxyl groups is 1. The molecule has 0 fully saturated rings. The third-order valence-corrected chi connectivity index (χ3v) is 5.01. The van der Waals surface area contributed by atoms with Crippen LogP contribution in [0, 0.1) is 13.8 Å². The molecule has 0 bridgehead atoms. The lowest BCUT2D eigenvalue weighted by atomic mass is 9.96. The first kappa shape index (κ1) is 28.4. The van der Waals surface area contributed by atoms with Crippen LogP contribution in [0.1, 0.15) is 77.6 Å². The number of aryl methyl sites for hydroxylation is 2. The molecule has 8 heteroatoms. The van der Waals surface area contributed by atoms with Crippen molar-refractivity contribution >= 4 is 17.9 Å². The zero-order chi connectivity index (χ0) is 25.5. The quantitative estimate of drug-likeness (QED) is 0.520. The molecular weight excluding hydrogens is 422 g/mol. The van der Waals surface area contributed by atoms with E-state index in [4.69, 9.17) is 4.74 Å². The van der Waals surface area contributed by atoms with Crippen LogP contribution >= 0.6 is 0 Å². The molecule has 0 aliphatic carbocycles. The maximum atomic E-state index is 13.7. The molecule has 0 radical (unpaired) electrons. The number of amides is 3. The van der Waals surface area contributed by atoms with Crippen LogP contribution in [0.4, 0.5) is 4.79 Å². The fraction of sp³-hybridized carbons (Fsp3) is 0.640. The Morgan fingerprint density at radius 3 is 2.00 bits per heavy atom. The molecule has 0 aliphatic heterocycles. The number of ether oxygens (including phenoxy) is 1. The number of rotatable bonds is 9. The summed E-state index contributed by atoms with van der Waals surface area (Å²) in [5, 5.41) is 15.3. The molecule has 3 unspecified atom stereocenters. The fourth-order valence-corrected chi connectivity index (χ4v) is 3.58. The highest BCUT2D eigenvalue weighted by Gasteiger charge is 2.38. The molecule has 3 atom stereocenters. The van der Waals surface area contributed by atoms with Gasteiger partial charge in [-0.2, -0.15) is 0 Å². The Balaban J connectivity index is 3.48. The second kappa shape index (κ2) is 12.0. The number of hydrogen-bond donors (Lipinski definition) is 3. The molecule has 1 aromatic carbocycles. The Labute approximate surface area is 198 Å². The van der Waals surface area contributed by atoms with Crippen LogP contribution in [0.5, 0.6) is 0 Å². The van der Waals surface area contributed by atoms with E-state index in [1.165, 1.54) is 4.90 Å². The van der Waals surface area contributed by atoms with Crippen molar-refractivity contribution in [3.63, 3.8) is 0 Å². The number of nitrogens with zero attached hydrogens (tertiary/aromatic N) is 1. The van der Waals surface area contributed by atoms with Crippen molar-refractivity contribution in [2.24, 2.45) is 0 Å². The molecule has 0 saturated heterocycles. The van der Waals surface area contributed by atoms with Crippen LogP contribution in [0.3, 0.4) is 0 Å². The minimum Gasteiger partial charge on any atom is -0.444 e. The molecular formula is C25H41N3O5. The van der Waals surface area contributed by atoms with Gasteiger partial charge in [-0.3, -0.25) is 9.59 Å². The normalized spacial score (nSPS) is 14.3. The first-order chi connectivity index (χ1) is 15.2. The summed E-state index contributed by atoms with van der Waals surface area (Å²) in [6.45, 7) is 15.8. The molecule has 1 rings (SSSR count). The zero-order valence-corrected chi connectivity index (χ0v) is 21.5. The minimum absolute atomic E-state index is 0.131. The average molecular weight is 464 g/mol. The summed E-state index contributed by atoms with van der Waals surface area (Å²) in [5.41, 5.74) is 1.85. The molecule has 186 valence electrons. The lowest BCUT2D eigenvalue weighted by Gasteiger charge is -2.38. The lowest BCUT2D eigenvalue weighted by molar-refractivity contribution is -0.146. The second-order valence-electron chi connectivity index (χ2n) is 9.87. The van der Waals surface area contributed by atoms with Gasteiger partial charge in [0, 0.05) is 12.1 Å². The van der Waals surface area contributed by atoms with Gasteiger partial charge in [0.15, 0.2) is 0 Å². The van der Waals surface area contributed by atoms with Gasteiger partial charge < -0.3 is 25.4 Å². The average Bonchev–Trinajstić information content (AvgIpc) is 2.66.